The van der Waals surface area contributed by atoms with Crippen molar-refractivity contribution in [1.29, 1.82) is 0 Å². The molecule has 1 aromatic rings. The lowest BCUT2D eigenvalue weighted by Crippen LogP contribution is -2.29. The molecular formula is C12H20N2O2S2. The molecule has 0 amide bonds. The van der Waals surface area contributed by atoms with E-state index in [0.717, 1.165) is 29.7 Å². The molecule has 2 rings (SSSR count). The molecule has 1 heterocycles. The van der Waals surface area contributed by atoms with Gasteiger partial charge in [0.25, 0.3) is 0 Å². The average molecular weight is 288 g/mol. The van der Waals surface area contributed by atoms with Crippen molar-refractivity contribution in [3.05, 3.63) is 16.5 Å². The number of nitrogens with two attached hydrogens (primary N) is 1. The van der Waals surface area contributed by atoms with Gasteiger partial charge in [0.1, 0.15) is 4.21 Å². The molecule has 0 spiro atoms. The van der Waals surface area contributed by atoms with Gasteiger partial charge in [-0.15, -0.1) is 11.3 Å². The van der Waals surface area contributed by atoms with Crippen LogP contribution >= 0.6 is 11.3 Å². The lowest BCUT2D eigenvalue weighted by molar-refractivity contribution is 0.476. The monoisotopic (exact) mass is 288 g/mol. The number of hydrogen-bond acceptors (Lipinski definition) is 4. The normalized spacial score (nSPS) is 17.9. The van der Waals surface area contributed by atoms with Crippen LogP contribution in [0, 0.1) is 12.3 Å². The number of hydrogen-bond donors (Lipinski definition) is 2. The number of thiophene rings is 1. The summed E-state index contributed by atoms with van der Waals surface area (Å²) in [7, 11) is -3.36. The SMILES string of the molecule is CCC1(CNS(=O)(=O)c2cc(C)c(CN)s2)CC1. The molecule has 1 aliphatic rings. The molecule has 1 aliphatic carbocycles. The highest BCUT2D eigenvalue weighted by molar-refractivity contribution is 7.91. The molecule has 0 atom stereocenters. The predicted molar refractivity (Wildman–Crippen MR) is 74.1 cm³/mol. The number of nitrogens with one attached hydrogen (secondary N) is 1. The van der Waals surface area contributed by atoms with E-state index < -0.39 is 10.0 Å². The molecule has 4 nitrogen and oxygen atoms in total. The average Bonchev–Trinajstić information content (AvgIpc) is 3.03. The van der Waals surface area contributed by atoms with E-state index in [2.05, 4.69) is 11.6 Å². The Hall–Kier alpha value is -0.430. The second-order valence-corrected chi connectivity index (χ2v) is 8.18. The predicted octanol–water partition coefficient (Wildman–Crippen LogP) is 1.98. The summed E-state index contributed by atoms with van der Waals surface area (Å²) in [4.78, 5) is 0.937. The number of rotatable bonds is 6. The van der Waals surface area contributed by atoms with E-state index >= 15 is 0 Å². The van der Waals surface area contributed by atoms with E-state index in [1.165, 1.54) is 11.3 Å². The van der Waals surface area contributed by atoms with Gasteiger partial charge >= 0.3 is 0 Å². The third-order valence-corrected chi connectivity index (χ3v) is 6.93. The Morgan fingerprint density at radius 2 is 2.17 bits per heavy atom. The van der Waals surface area contributed by atoms with E-state index in [1.807, 2.05) is 6.92 Å². The van der Waals surface area contributed by atoms with Crippen molar-refractivity contribution in [2.45, 2.75) is 43.9 Å². The first kappa shape index (κ1) is 14.0. The van der Waals surface area contributed by atoms with Gasteiger partial charge in [-0.05, 0) is 43.2 Å². The molecule has 6 heteroatoms. The third-order valence-electron chi connectivity index (χ3n) is 3.79. The largest absolute Gasteiger partial charge is 0.326 e. The van der Waals surface area contributed by atoms with Gasteiger partial charge < -0.3 is 5.73 Å². The maximum atomic E-state index is 12.2. The fourth-order valence-corrected chi connectivity index (χ4v) is 4.64. The van der Waals surface area contributed by atoms with Gasteiger partial charge in [0.05, 0.1) is 0 Å². The molecule has 0 unspecified atom stereocenters. The second kappa shape index (κ2) is 4.92. The summed E-state index contributed by atoms with van der Waals surface area (Å²) in [6.07, 6.45) is 3.29. The second-order valence-electron chi connectivity index (χ2n) is 5.05. The highest BCUT2D eigenvalue weighted by atomic mass is 32.2. The Morgan fingerprint density at radius 1 is 1.50 bits per heavy atom. The van der Waals surface area contributed by atoms with Crippen LogP contribution in [0.15, 0.2) is 10.3 Å². The van der Waals surface area contributed by atoms with Crippen LogP contribution in [0.1, 0.15) is 36.6 Å². The molecule has 1 saturated carbocycles. The van der Waals surface area contributed by atoms with E-state index in [1.54, 1.807) is 6.07 Å². The zero-order valence-corrected chi connectivity index (χ0v) is 12.5. The Bertz CT molecular complexity index is 530. The molecule has 0 radical (unpaired) electrons. The highest BCUT2D eigenvalue weighted by Crippen LogP contribution is 2.48. The van der Waals surface area contributed by atoms with Gasteiger partial charge in [-0.3, -0.25) is 0 Å². The Labute approximate surface area is 113 Å². The van der Waals surface area contributed by atoms with Gasteiger partial charge in [-0.1, -0.05) is 6.92 Å². The van der Waals surface area contributed by atoms with Crippen molar-refractivity contribution < 1.29 is 8.42 Å². The summed E-state index contributed by atoms with van der Waals surface area (Å²) in [6, 6.07) is 1.71. The van der Waals surface area contributed by atoms with Crippen LogP contribution in [0.2, 0.25) is 0 Å². The summed E-state index contributed by atoms with van der Waals surface area (Å²) in [5, 5.41) is 0. The first-order chi connectivity index (χ1) is 8.42. The van der Waals surface area contributed by atoms with Crippen molar-refractivity contribution >= 4 is 21.4 Å². The van der Waals surface area contributed by atoms with Crippen molar-refractivity contribution in [2.24, 2.45) is 11.1 Å². The standard InChI is InChI=1S/C12H20N2O2S2/c1-3-12(4-5-12)8-14-18(15,16)11-6-9(2)10(7-13)17-11/h6,14H,3-5,7-8,13H2,1-2H3. The van der Waals surface area contributed by atoms with Gasteiger partial charge in [0.15, 0.2) is 0 Å². The molecule has 0 saturated heterocycles. The Kier molecular flexibility index (Phi) is 3.82. The number of sulfonamides is 1. The van der Waals surface area contributed by atoms with Crippen LogP contribution in [0.3, 0.4) is 0 Å². The topological polar surface area (TPSA) is 72.2 Å². The van der Waals surface area contributed by atoms with E-state index in [4.69, 9.17) is 5.73 Å². The lowest BCUT2D eigenvalue weighted by Gasteiger charge is -2.12. The lowest BCUT2D eigenvalue weighted by atomic mass is 10.1. The van der Waals surface area contributed by atoms with Gasteiger partial charge in [0.2, 0.25) is 10.0 Å². The van der Waals surface area contributed by atoms with Crippen molar-refractivity contribution in [1.82, 2.24) is 4.72 Å². The molecule has 0 bridgehead atoms. The zero-order valence-electron chi connectivity index (χ0n) is 10.8. The fourth-order valence-electron chi connectivity index (χ4n) is 1.98. The molecular weight excluding hydrogens is 268 g/mol. The maximum absolute atomic E-state index is 12.2. The van der Waals surface area contributed by atoms with Gasteiger partial charge in [0, 0.05) is 18.0 Å². The van der Waals surface area contributed by atoms with Gasteiger partial charge in [-0.25, -0.2) is 13.1 Å². The minimum Gasteiger partial charge on any atom is -0.326 e. The minimum absolute atomic E-state index is 0.218. The smallest absolute Gasteiger partial charge is 0.250 e. The number of aryl methyl sites for hydroxylation is 1. The zero-order chi connectivity index (χ0) is 13.4. The van der Waals surface area contributed by atoms with Crippen molar-refractivity contribution in [3.8, 4) is 0 Å². The van der Waals surface area contributed by atoms with E-state index in [0.29, 0.717) is 17.3 Å². The van der Waals surface area contributed by atoms with E-state index in [-0.39, 0.29) is 5.41 Å². The Morgan fingerprint density at radius 3 is 2.61 bits per heavy atom. The first-order valence-corrected chi connectivity index (χ1v) is 8.51. The summed E-state index contributed by atoms with van der Waals surface area (Å²) in [5.74, 6) is 0. The molecule has 102 valence electrons. The highest BCUT2D eigenvalue weighted by Gasteiger charge is 2.41. The van der Waals surface area contributed by atoms with Crippen LogP contribution in [-0.4, -0.2) is 15.0 Å². The van der Waals surface area contributed by atoms with Crippen LogP contribution in [-0.2, 0) is 16.6 Å². The summed E-state index contributed by atoms with van der Waals surface area (Å²) in [6.45, 7) is 4.96. The first-order valence-electron chi connectivity index (χ1n) is 6.21. The molecule has 3 N–H and O–H groups in total. The maximum Gasteiger partial charge on any atom is 0.250 e. The quantitative estimate of drug-likeness (QED) is 0.841. The van der Waals surface area contributed by atoms with Crippen molar-refractivity contribution in [2.75, 3.05) is 6.54 Å². The molecule has 1 aromatic heterocycles. The Balaban J connectivity index is 2.10. The molecule has 0 aliphatic heterocycles. The van der Waals surface area contributed by atoms with Crippen LogP contribution in [0.25, 0.3) is 0 Å². The molecule has 1 fully saturated rings. The van der Waals surface area contributed by atoms with Crippen LogP contribution in [0.5, 0.6) is 0 Å². The summed E-state index contributed by atoms with van der Waals surface area (Å²) >= 11 is 1.27. The minimum atomic E-state index is -3.36. The van der Waals surface area contributed by atoms with E-state index in [9.17, 15) is 8.42 Å². The summed E-state index contributed by atoms with van der Waals surface area (Å²) in [5.41, 5.74) is 6.75. The van der Waals surface area contributed by atoms with Gasteiger partial charge in [-0.2, -0.15) is 0 Å². The third kappa shape index (κ3) is 2.77. The van der Waals surface area contributed by atoms with Crippen LogP contribution < -0.4 is 10.5 Å². The summed E-state index contributed by atoms with van der Waals surface area (Å²) < 4.78 is 27.4. The fraction of sp³-hybridized carbons (Fsp3) is 0.667. The van der Waals surface area contributed by atoms with Crippen LogP contribution in [0.4, 0.5) is 0 Å². The van der Waals surface area contributed by atoms with Crippen molar-refractivity contribution in [3.63, 3.8) is 0 Å². The molecule has 18 heavy (non-hydrogen) atoms. The molecule has 0 aromatic carbocycles.